The number of piperidine rings is 1. The van der Waals surface area contributed by atoms with E-state index in [1.165, 1.54) is 42.9 Å². The fraction of sp³-hybridized carbons (Fsp3) is 0.375. The summed E-state index contributed by atoms with van der Waals surface area (Å²) in [5.41, 5.74) is 0.601. The third-order valence-corrected chi connectivity index (χ3v) is 6.40. The lowest BCUT2D eigenvalue weighted by Gasteiger charge is -2.40. The number of amides is 1. The van der Waals surface area contributed by atoms with Crippen molar-refractivity contribution >= 4 is 11.7 Å². The second-order valence-electron chi connectivity index (χ2n) is 8.75. The van der Waals surface area contributed by atoms with Crippen LogP contribution in [-0.2, 0) is 11.3 Å². The summed E-state index contributed by atoms with van der Waals surface area (Å²) < 4.78 is 58.6. The van der Waals surface area contributed by atoms with Crippen LogP contribution in [0.5, 0.6) is 0 Å². The van der Waals surface area contributed by atoms with Gasteiger partial charge in [-0.3, -0.25) is 9.69 Å². The molecule has 4 rings (SSSR count). The van der Waals surface area contributed by atoms with E-state index in [1.807, 2.05) is 0 Å². The molecule has 1 amide bonds. The Morgan fingerprint density at radius 2 is 2.00 bits per heavy atom. The average molecular weight is 491 g/mol. The normalized spacial score (nSPS) is 18.9. The van der Waals surface area contributed by atoms with Crippen LogP contribution in [0.4, 0.5) is 23.4 Å². The number of carbonyl (C=O) groups is 1. The first-order chi connectivity index (χ1) is 16.5. The summed E-state index contributed by atoms with van der Waals surface area (Å²) in [6, 6.07) is 5.34. The quantitative estimate of drug-likeness (QED) is 0.325. The summed E-state index contributed by atoms with van der Waals surface area (Å²) in [6.45, 7) is 3.39. The molecule has 1 aliphatic heterocycles. The van der Waals surface area contributed by atoms with Crippen molar-refractivity contribution in [2.45, 2.75) is 44.7 Å². The average Bonchev–Trinajstić information content (AvgIpc) is 3.14. The standard InChI is InChI=1S/C24H25F4N5O2/c1-15(31-10-7-24(27,28)20(13-31)17-5-8-33(35)9-6-17)23(34)30-22-14-32(16(2)29-22)12-18-3-4-19(25)11-21(18)26/h3-6,8-9,11,14-15,20H,7,10,12-13H2,1-2H3,(H,30,34)/t15?,20-/m1/s1. The number of carbonyl (C=O) groups excluding carboxylic acids is 1. The zero-order chi connectivity index (χ0) is 25.3. The van der Waals surface area contributed by atoms with E-state index >= 15 is 0 Å². The van der Waals surface area contributed by atoms with Crippen LogP contribution in [0.25, 0.3) is 0 Å². The number of pyridine rings is 1. The summed E-state index contributed by atoms with van der Waals surface area (Å²) in [5.74, 6) is -5.14. The lowest BCUT2D eigenvalue weighted by Crippen LogP contribution is -2.52. The predicted octanol–water partition coefficient (Wildman–Crippen LogP) is 3.60. The summed E-state index contributed by atoms with van der Waals surface area (Å²) in [6.07, 6.45) is 3.48. The monoisotopic (exact) mass is 491 g/mol. The minimum absolute atomic E-state index is 0.0315. The van der Waals surface area contributed by atoms with Gasteiger partial charge in [0.15, 0.2) is 18.2 Å². The van der Waals surface area contributed by atoms with E-state index in [-0.39, 0.29) is 31.0 Å². The highest BCUT2D eigenvalue weighted by molar-refractivity contribution is 5.93. The number of imidazole rings is 1. The molecule has 186 valence electrons. The number of benzene rings is 1. The Morgan fingerprint density at radius 3 is 2.69 bits per heavy atom. The molecule has 1 aromatic carbocycles. The van der Waals surface area contributed by atoms with Crippen LogP contribution in [0.2, 0.25) is 0 Å². The summed E-state index contributed by atoms with van der Waals surface area (Å²) in [4.78, 5) is 18.8. The molecule has 0 saturated carbocycles. The molecule has 3 aromatic rings. The van der Waals surface area contributed by atoms with E-state index < -0.39 is 41.8 Å². The predicted molar refractivity (Wildman–Crippen MR) is 120 cm³/mol. The van der Waals surface area contributed by atoms with Gasteiger partial charge in [0.2, 0.25) is 5.91 Å². The van der Waals surface area contributed by atoms with Crippen LogP contribution in [0.3, 0.4) is 0 Å². The molecule has 1 saturated heterocycles. The molecule has 2 aromatic heterocycles. The lowest BCUT2D eigenvalue weighted by atomic mass is 9.87. The number of likely N-dealkylation sites (tertiary alicyclic amines) is 1. The molecule has 1 aliphatic rings. The van der Waals surface area contributed by atoms with Gasteiger partial charge in [-0.15, -0.1) is 0 Å². The Hall–Kier alpha value is -3.47. The number of nitrogens with zero attached hydrogens (tertiary/aromatic N) is 4. The largest absolute Gasteiger partial charge is 0.619 e. The van der Waals surface area contributed by atoms with Gasteiger partial charge in [0.1, 0.15) is 17.5 Å². The Balaban J connectivity index is 1.43. The molecule has 0 radical (unpaired) electrons. The first kappa shape index (κ1) is 24.6. The maximum absolute atomic E-state index is 14.6. The number of halogens is 4. The first-order valence-electron chi connectivity index (χ1n) is 11.1. The van der Waals surface area contributed by atoms with E-state index in [9.17, 15) is 27.6 Å². The van der Waals surface area contributed by atoms with Crippen LogP contribution in [-0.4, -0.2) is 45.4 Å². The summed E-state index contributed by atoms with van der Waals surface area (Å²) in [7, 11) is 0. The molecule has 7 nitrogen and oxygen atoms in total. The van der Waals surface area contributed by atoms with Crippen LogP contribution in [0.15, 0.2) is 48.9 Å². The Bertz CT molecular complexity index is 1220. The van der Waals surface area contributed by atoms with Crippen molar-refractivity contribution in [1.82, 2.24) is 14.5 Å². The topological polar surface area (TPSA) is 77.1 Å². The fourth-order valence-electron chi connectivity index (χ4n) is 4.24. The van der Waals surface area contributed by atoms with E-state index in [4.69, 9.17) is 0 Å². The third kappa shape index (κ3) is 5.45. The van der Waals surface area contributed by atoms with Crippen molar-refractivity contribution in [2.24, 2.45) is 0 Å². The third-order valence-electron chi connectivity index (χ3n) is 6.40. The fourth-order valence-corrected chi connectivity index (χ4v) is 4.24. The van der Waals surface area contributed by atoms with Gasteiger partial charge in [-0.2, -0.15) is 4.73 Å². The first-order valence-corrected chi connectivity index (χ1v) is 11.1. The van der Waals surface area contributed by atoms with Crippen molar-refractivity contribution < 1.29 is 27.1 Å². The zero-order valence-electron chi connectivity index (χ0n) is 19.2. The maximum atomic E-state index is 14.6. The molecule has 2 atom stereocenters. The molecule has 11 heteroatoms. The van der Waals surface area contributed by atoms with Gasteiger partial charge < -0.3 is 15.1 Å². The number of aryl methyl sites for hydroxylation is 1. The number of anilines is 1. The number of hydrogen-bond acceptors (Lipinski definition) is 4. The van der Waals surface area contributed by atoms with Gasteiger partial charge in [0.05, 0.1) is 18.5 Å². The van der Waals surface area contributed by atoms with Gasteiger partial charge in [0, 0.05) is 49.5 Å². The van der Waals surface area contributed by atoms with Crippen molar-refractivity contribution in [3.05, 3.63) is 82.7 Å². The van der Waals surface area contributed by atoms with Gasteiger partial charge in [-0.25, -0.2) is 22.5 Å². The molecule has 3 heterocycles. The molecule has 1 N–H and O–H groups in total. The van der Waals surface area contributed by atoms with Gasteiger partial charge >= 0.3 is 0 Å². The molecule has 0 bridgehead atoms. The van der Waals surface area contributed by atoms with Crippen LogP contribution in [0.1, 0.15) is 36.2 Å². The summed E-state index contributed by atoms with van der Waals surface area (Å²) >= 11 is 0. The minimum Gasteiger partial charge on any atom is -0.619 e. The molecule has 1 fully saturated rings. The maximum Gasteiger partial charge on any atom is 0.257 e. The second-order valence-corrected chi connectivity index (χ2v) is 8.75. The lowest BCUT2D eigenvalue weighted by molar-refractivity contribution is -0.605. The zero-order valence-corrected chi connectivity index (χ0v) is 19.2. The minimum atomic E-state index is -2.97. The highest BCUT2D eigenvalue weighted by atomic mass is 19.3. The Labute approximate surface area is 199 Å². The van der Waals surface area contributed by atoms with Crippen molar-refractivity contribution in [1.29, 1.82) is 0 Å². The molecule has 0 spiro atoms. The van der Waals surface area contributed by atoms with Crippen molar-refractivity contribution in [3.8, 4) is 0 Å². The Kier molecular flexibility index (Phi) is 6.79. The second kappa shape index (κ2) is 9.65. The van der Waals surface area contributed by atoms with Gasteiger partial charge in [0.25, 0.3) is 5.92 Å². The number of alkyl halides is 2. The van der Waals surface area contributed by atoms with E-state index in [0.29, 0.717) is 16.1 Å². The van der Waals surface area contributed by atoms with Crippen LogP contribution >= 0.6 is 0 Å². The van der Waals surface area contributed by atoms with Crippen molar-refractivity contribution in [2.75, 3.05) is 18.4 Å². The molecule has 1 unspecified atom stereocenters. The smallest absolute Gasteiger partial charge is 0.257 e. The summed E-state index contributed by atoms with van der Waals surface area (Å²) in [5, 5.41) is 14.0. The van der Waals surface area contributed by atoms with Crippen LogP contribution in [0, 0.1) is 23.8 Å². The molecule has 35 heavy (non-hydrogen) atoms. The van der Waals surface area contributed by atoms with Gasteiger partial charge in [-0.1, -0.05) is 6.07 Å². The van der Waals surface area contributed by atoms with E-state index in [0.717, 1.165) is 6.07 Å². The Morgan fingerprint density at radius 1 is 1.29 bits per heavy atom. The molecular formula is C24H25F4N5O2. The number of hydrogen-bond donors (Lipinski definition) is 1. The molecular weight excluding hydrogens is 466 g/mol. The number of rotatable bonds is 6. The van der Waals surface area contributed by atoms with E-state index in [1.54, 1.807) is 23.3 Å². The highest BCUT2D eigenvalue weighted by Gasteiger charge is 2.46. The highest BCUT2D eigenvalue weighted by Crippen LogP contribution is 2.40. The van der Waals surface area contributed by atoms with Gasteiger partial charge in [-0.05, 0) is 25.5 Å². The molecule has 0 aliphatic carbocycles. The number of aromatic nitrogens is 3. The number of nitrogens with one attached hydrogen (secondary N) is 1. The van der Waals surface area contributed by atoms with Crippen LogP contribution < -0.4 is 10.0 Å². The van der Waals surface area contributed by atoms with Crippen molar-refractivity contribution in [3.63, 3.8) is 0 Å². The van der Waals surface area contributed by atoms with E-state index in [2.05, 4.69) is 10.3 Å². The SMILES string of the molecule is Cc1nc(NC(=O)C(C)N2CCC(F)(F)[C@@H](c3cc[n+]([O-])cc3)C2)cn1Cc1ccc(F)cc1F.